The topological polar surface area (TPSA) is 35.5 Å². The van der Waals surface area contributed by atoms with Gasteiger partial charge in [-0.3, -0.25) is 0 Å². The lowest BCUT2D eigenvalue weighted by Gasteiger charge is -2.36. The zero-order valence-electron chi connectivity index (χ0n) is 15.9. The highest BCUT2D eigenvalue weighted by Crippen LogP contribution is 2.45. The minimum absolute atomic E-state index is 0.270. The van der Waals surface area contributed by atoms with Gasteiger partial charge in [-0.1, -0.05) is 38.6 Å². The summed E-state index contributed by atoms with van der Waals surface area (Å²) in [5.41, 5.74) is 1.96. The molecule has 0 bridgehead atoms. The predicted octanol–water partition coefficient (Wildman–Crippen LogP) is 4.10. The zero-order chi connectivity index (χ0) is 19.5. The van der Waals surface area contributed by atoms with E-state index in [2.05, 4.69) is 25.7 Å². The van der Waals surface area contributed by atoms with Gasteiger partial charge in [0.15, 0.2) is 0 Å². The smallest absolute Gasteiger partial charge is 0.123 e. The van der Waals surface area contributed by atoms with Crippen LogP contribution in [0.5, 0.6) is 0 Å². The summed E-state index contributed by atoms with van der Waals surface area (Å²) in [5, 5.41) is 13.8. The van der Waals surface area contributed by atoms with Crippen LogP contribution in [0.25, 0.3) is 0 Å². The first-order valence-corrected chi connectivity index (χ1v) is 8.77. The number of aliphatic hydroxyl groups is 1. The lowest BCUT2D eigenvalue weighted by Crippen LogP contribution is -2.40. The second-order valence-corrected chi connectivity index (χ2v) is 7.37. The molecular weight excluding hydrogens is 334 g/mol. The molecule has 0 aliphatic carbocycles. The van der Waals surface area contributed by atoms with Crippen molar-refractivity contribution in [2.75, 3.05) is 20.1 Å². The van der Waals surface area contributed by atoms with Crippen LogP contribution in [-0.4, -0.2) is 36.2 Å². The van der Waals surface area contributed by atoms with Crippen LogP contribution < -0.4 is 5.32 Å². The molecule has 2 N–H and O–H groups in total. The van der Waals surface area contributed by atoms with E-state index in [1.54, 1.807) is 25.3 Å². The summed E-state index contributed by atoms with van der Waals surface area (Å²) in [5.74, 6) is -0.697. The molecule has 1 heterocycles. The van der Waals surface area contributed by atoms with Crippen molar-refractivity contribution in [1.29, 1.82) is 0 Å². The molecule has 0 aromatic heterocycles. The Morgan fingerprint density at radius 1 is 1.46 bits per heavy atom. The van der Waals surface area contributed by atoms with Crippen LogP contribution in [0.1, 0.15) is 32.4 Å². The van der Waals surface area contributed by atoms with E-state index in [0.29, 0.717) is 24.4 Å². The minimum atomic E-state index is -0.801. The number of nitrogens with one attached hydrogen (secondary N) is 1. The molecule has 0 amide bonds. The summed E-state index contributed by atoms with van der Waals surface area (Å²) in [6, 6.07) is 5.69. The first-order valence-electron chi connectivity index (χ1n) is 8.77. The first-order chi connectivity index (χ1) is 12.2. The largest absolute Gasteiger partial charge is 0.389 e. The fraction of sp³-hybridized carbons (Fsp3) is 0.429. The van der Waals surface area contributed by atoms with Crippen LogP contribution in [0.4, 0.5) is 8.78 Å². The van der Waals surface area contributed by atoms with E-state index in [-0.39, 0.29) is 17.1 Å². The fourth-order valence-corrected chi connectivity index (χ4v) is 3.70. The maximum absolute atomic E-state index is 13.8. The van der Waals surface area contributed by atoms with E-state index in [0.717, 1.165) is 5.57 Å². The van der Waals surface area contributed by atoms with Crippen molar-refractivity contribution >= 4 is 0 Å². The van der Waals surface area contributed by atoms with Crippen molar-refractivity contribution < 1.29 is 13.9 Å². The summed E-state index contributed by atoms with van der Waals surface area (Å²) in [6.45, 7) is 10.3. The molecule has 1 aromatic carbocycles. The second-order valence-electron chi connectivity index (χ2n) is 7.37. The normalized spacial score (nSPS) is 19.7. The molecule has 1 aromatic rings. The third-order valence-electron chi connectivity index (χ3n) is 4.72. The van der Waals surface area contributed by atoms with Gasteiger partial charge < -0.3 is 15.3 Å². The van der Waals surface area contributed by atoms with Crippen molar-refractivity contribution in [3.8, 4) is 0 Å². The Morgan fingerprint density at radius 3 is 2.69 bits per heavy atom. The third-order valence-corrected chi connectivity index (χ3v) is 4.72. The molecule has 2 rings (SSSR count). The van der Waals surface area contributed by atoms with Crippen LogP contribution >= 0.6 is 0 Å². The van der Waals surface area contributed by atoms with Gasteiger partial charge in [-0.2, -0.15) is 0 Å². The minimum Gasteiger partial charge on any atom is -0.389 e. The second kappa shape index (κ2) is 8.14. The monoisotopic (exact) mass is 362 g/mol. The molecule has 2 unspecified atom stereocenters. The van der Waals surface area contributed by atoms with Gasteiger partial charge in [-0.05, 0) is 43.3 Å². The van der Waals surface area contributed by atoms with Crippen LogP contribution in [0.2, 0.25) is 0 Å². The fourth-order valence-electron chi connectivity index (χ4n) is 3.70. The average molecular weight is 362 g/mol. The number of aliphatic hydroxyl groups excluding tert-OH is 1. The molecular formula is C21H28F2N2O. The molecule has 1 aliphatic heterocycles. The van der Waals surface area contributed by atoms with E-state index in [1.165, 1.54) is 25.1 Å². The Labute approximate surface area is 154 Å². The quantitative estimate of drug-likeness (QED) is 0.766. The lowest BCUT2D eigenvalue weighted by molar-refractivity contribution is 0.0661. The van der Waals surface area contributed by atoms with Gasteiger partial charge in [-0.25, -0.2) is 8.78 Å². The Kier molecular flexibility index (Phi) is 6.37. The van der Waals surface area contributed by atoms with Gasteiger partial charge in [0.05, 0.1) is 18.0 Å². The summed E-state index contributed by atoms with van der Waals surface area (Å²) < 4.78 is 27.6. The predicted molar refractivity (Wildman–Crippen MR) is 102 cm³/mol. The zero-order valence-corrected chi connectivity index (χ0v) is 15.9. The van der Waals surface area contributed by atoms with E-state index in [9.17, 15) is 13.9 Å². The van der Waals surface area contributed by atoms with Crippen LogP contribution in [0.15, 0.2) is 60.1 Å². The van der Waals surface area contributed by atoms with Gasteiger partial charge in [0.25, 0.3) is 0 Å². The van der Waals surface area contributed by atoms with Gasteiger partial charge in [0.2, 0.25) is 0 Å². The van der Waals surface area contributed by atoms with Crippen LogP contribution in [0.3, 0.4) is 0 Å². The Hall–Kier alpha value is -1.98. The van der Waals surface area contributed by atoms with E-state index in [1.807, 2.05) is 4.90 Å². The molecule has 0 spiro atoms. The van der Waals surface area contributed by atoms with Crippen molar-refractivity contribution in [3.05, 3.63) is 71.5 Å². The van der Waals surface area contributed by atoms with Crippen molar-refractivity contribution in [2.24, 2.45) is 5.41 Å². The Balaban J connectivity index is 2.61. The summed E-state index contributed by atoms with van der Waals surface area (Å²) in [6.07, 6.45) is 2.40. The van der Waals surface area contributed by atoms with Gasteiger partial charge >= 0.3 is 0 Å². The number of benzene rings is 1. The highest BCUT2D eigenvalue weighted by molar-refractivity contribution is 5.42. The number of allylic oxidation sites excluding steroid dienone is 3. The molecule has 26 heavy (non-hydrogen) atoms. The van der Waals surface area contributed by atoms with Gasteiger partial charge in [0, 0.05) is 24.2 Å². The number of halogens is 2. The number of rotatable bonds is 7. The molecule has 142 valence electrons. The molecule has 1 aliphatic rings. The Morgan fingerprint density at radius 2 is 2.15 bits per heavy atom. The number of hydrogen-bond donors (Lipinski definition) is 2. The molecule has 0 radical (unpaired) electrons. The van der Waals surface area contributed by atoms with Crippen LogP contribution in [-0.2, 0) is 0 Å². The van der Waals surface area contributed by atoms with Crippen molar-refractivity contribution in [1.82, 2.24) is 10.2 Å². The van der Waals surface area contributed by atoms with E-state index < -0.39 is 12.1 Å². The van der Waals surface area contributed by atoms with Crippen LogP contribution in [0, 0.1) is 11.2 Å². The lowest BCUT2D eigenvalue weighted by atomic mass is 9.86. The van der Waals surface area contributed by atoms with Gasteiger partial charge in [0.1, 0.15) is 5.82 Å². The summed E-state index contributed by atoms with van der Waals surface area (Å²) >= 11 is 0. The number of hydrogen-bond acceptors (Lipinski definition) is 3. The van der Waals surface area contributed by atoms with Gasteiger partial charge in [-0.15, -0.1) is 0 Å². The molecule has 5 heteroatoms. The summed E-state index contributed by atoms with van der Waals surface area (Å²) in [4.78, 5) is 1.96. The van der Waals surface area contributed by atoms with E-state index >= 15 is 0 Å². The SMILES string of the molecule is C=CC1=C(/C=C(\C)F)N(C(c2cccc(F)c2)C(O)CNC)CC1(C)C. The van der Waals surface area contributed by atoms with E-state index in [4.69, 9.17) is 0 Å². The highest BCUT2D eigenvalue weighted by atomic mass is 19.1. The van der Waals surface area contributed by atoms with Crippen molar-refractivity contribution in [3.63, 3.8) is 0 Å². The molecule has 0 fully saturated rings. The molecule has 0 saturated carbocycles. The molecule has 2 atom stereocenters. The molecule has 0 saturated heterocycles. The first kappa shape index (κ1) is 20.3. The summed E-state index contributed by atoms with van der Waals surface area (Å²) in [7, 11) is 1.75. The third kappa shape index (κ3) is 4.22. The maximum Gasteiger partial charge on any atom is 0.123 e. The van der Waals surface area contributed by atoms with Crippen molar-refractivity contribution in [2.45, 2.75) is 32.9 Å². The molecule has 3 nitrogen and oxygen atoms in total. The average Bonchev–Trinajstić information content (AvgIpc) is 2.77. The number of likely N-dealkylation sites (N-methyl/N-ethyl adjacent to an activating group) is 1. The maximum atomic E-state index is 13.8. The Bertz CT molecular complexity index is 720. The highest BCUT2D eigenvalue weighted by Gasteiger charge is 2.41. The number of nitrogens with zero attached hydrogens (tertiary/aromatic N) is 1. The standard InChI is InChI=1S/C21H28F2N2O/c1-6-17-18(10-14(2)22)25(13-21(17,3)4)20(19(26)12-24-5)15-8-7-9-16(23)11-15/h6-11,19-20,24,26H,1,12-13H2,2-5H3/b14-10+.